The van der Waals surface area contributed by atoms with Crippen LogP contribution in [0.2, 0.25) is 0 Å². The third kappa shape index (κ3) is 4.98. The standard InChI is InChI=1S/C19H26N2/c1-3-8-16-9-7-10-17(14-16)19(21-12-4-2)15-18-11-5-6-13-20-18/h5-7,9-11,13-14,19,21H,3-4,8,12,15H2,1-2H3. The average Bonchev–Trinajstić information content (AvgIpc) is 2.53. The van der Waals surface area contributed by atoms with Crippen LogP contribution in [0.4, 0.5) is 0 Å². The van der Waals surface area contributed by atoms with E-state index in [2.05, 4.69) is 60.5 Å². The van der Waals surface area contributed by atoms with Crippen molar-refractivity contribution in [2.75, 3.05) is 6.54 Å². The zero-order chi connectivity index (χ0) is 14.9. The summed E-state index contributed by atoms with van der Waals surface area (Å²) in [4.78, 5) is 4.47. The van der Waals surface area contributed by atoms with Gasteiger partial charge in [-0.25, -0.2) is 0 Å². The van der Waals surface area contributed by atoms with Crippen molar-refractivity contribution in [3.05, 3.63) is 65.5 Å². The zero-order valence-electron chi connectivity index (χ0n) is 13.2. The van der Waals surface area contributed by atoms with Crippen molar-refractivity contribution >= 4 is 0 Å². The van der Waals surface area contributed by atoms with Crippen molar-refractivity contribution in [3.8, 4) is 0 Å². The van der Waals surface area contributed by atoms with Gasteiger partial charge in [-0.1, -0.05) is 50.6 Å². The summed E-state index contributed by atoms with van der Waals surface area (Å²) in [5.41, 5.74) is 3.95. The minimum absolute atomic E-state index is 0.344. The Morgan fingerprint density at radius 3 is 2.67 bits per heavy atom. The monoisotopic (exact) mass is 282 g/mol. The molecule has 0 saturated carbocycles. The number of nitrogens with one attached hydrogen (secondary N) is 1. The maximum absolute atomic E-state index is 4.47. The van der Waals surface area contributed by atoms with Crippen LogP contribution in [0.3, 0.4) is 0 Å². The number of hydrogen-bond donors (Lipinski definition) is 1. The topological polar surface area (TPSA) is 24.9 Å². The molecule has 0 saturated heterocycles. The highest BCUT2D eigenvalue weighted by Crippen LogP contribution is 2.19. The van der Waals surface area contributed by atoms with Gasteiger partial charge < -0.3 is 5.32 Å². The van der Waals surface area contributed by atoms with Crippen LogP contribution in [-0.2, 0) is 12.8 Å². The second-order valence-electron chi connectivity index (χ2n) is 5.53. The quantitative estimate of drug-likeness (QED) is 0.780. The van der Waals surface area contributed by atoms with Crippen LogP contribution in [0.15, 0.2) is 48.7 Å². The summed E-state index contributed by atoms with van der Waals surface area (Å²) < 4.78 is 0. The third-order valence-electron chi connectivity index (χ3n) is 3.67. The molecule has 0 amide bonds. The summed E-state index contributed by atoms with van der Waals surface area (Å²) in [6, 6.07) is 15.5. The Balaban J connectivity index is 2.16. The Hall–Kier alpha value is -1.67. The molecule has 2 rings (SSSR count). The maximum Gasteiger partial charge on any atom is 0.0422 e. The van der Waals surface area contributed by atoms with Gasteiger partial charge in [0.25, 0.3) is 0 Å². The molecule has 1 N–H and O–H groups in total. The van der Waals surface area contributed by atoms with Gasteiger partial charge >= 0.3 is 0 Å². The lowest BCUT2D eigenvalue weighted by Gasteiger charge is -2.19. The summed E-state index contributed by atoms with van der Waals surface area (Å²) in [5.74, 6) is 0. The molecule has 112 valence electrons. The fourth-order valence-corrected chi connectivity index (χ4v) is 2.61. The molecule has 0 aliphatic rings. The second-order valence-corrected chi connectivity index (χ2v) is 5.53. The first-order valence-electron chi connectivity index (χ1n) is 8.05. The van der Waals surface area contributed by atoms with E-state index in [1.165, 1.54) is 17.5 Å². The molecule has 2 aromatic rings. The minimum Gasteiger partial charge on any atom is -0.310 e. The number of aromatic nitrogens is 1. The van der Waals surface area contributed by atoms with Gasteiger partial charge in [0, 0.05) is 24.4 Å². The molecule has 0 aliphatic carbocycles. The second kappa shape index (κ2) is 8.58. The van der Waals surface area contributed by atoms with E-state index in [1.807, 2.05) is 12.3 Å². The van der Waals surface area contributed by atoms with Gasteiger partial charge in [0.15, 0.2) is 0 Å². The number of hydrogen-bond acceptors (Lipinski definition) is 2. The fraction of sp³-hybridized carbons (Fsp3) is 0.421. The lowest BCUT2D eigenvalue weighted by molar-refractivity contribution is 0.524. The Morgan fingerprint density at radius 1 is 1.05 bits per heavy atom. The molecule has 2 heteroatoms. The Labute approximate surface area is 128 Å². The first kappa shape index (κ1) is 15.7. The fourth-order valence-electron chi connectivity index (χ4n) is 2.61. The Bertz CT molecular complexity index is 522. The highest BCUT2D eigenvalue weighted by Gasteiger charge is 2.12. The van der Waals surface area contributed by atoms with Gasteiger partial charge in [-0.2, -0.15) is 0 Å². The number of nitrogens with zero attached hydrogens (tertiary/aromatic N) is 1. The summed E-state index contributed by atoms with van der Waals surface area (Å²) in [6.45, 7) is 5.47. The van der Waals surface area contributed by atoms with Crippen LogP contribution in [0.5, 0.6) is 0 Å². The van der Waals surface area contributed by atoms with Gasteiger partial charge in [-0.15, -0.1) is 0 Å². The first-order valence-corrected chi connectivity index (χ1v) is 8.05. The smallest absolute Gasteiger partial charge is 0.0422 e. The molecule has 21 heavy (non-hydrogen) atoms. The first-order chi connectivity index (χ1) is 10.3. The van der Waals surface area contributed by atoms with Crippen LogP contribution in [0.25, 0.3) is 0 Å². The van der Waals surface area contributed by atoms with Crippen molar-refractivity contribution in [1.82, 2.24) is 10.3 Å². The molecule has 0 fully saturated rings. The summed E-state index contributed by atoms with van der Waals surface area (Å²) in [6.07, 6.45) is 6.30. The molecule has 2 nitrogen and oxygen atoms in total. The lowest BCUT2D eigenvalue weighted by Crippen LogP contribution is -2.24. The Morgan fingerprint density at radius 2 is 1.95 bits per heavy atom. The van der Waals surface area contributed by atoms with Gasteiger partial charge in [0.2, 0.25) is 0 Å². The molecule has 0 radical (unpaired) electrons. The largest absolute Gasteiger partial charge is 0.310 e. The van der Waals surface area contributed by atoms with Gasteiger partial charge in [-0.3, -0.25) is 4.98 Å². The van der Waals surface area contributed by atoms with E-state index in [9.17, 15) is 0 Å². The molecule has 1 aromatic heterocycles. The SMILES string of the molecule is CCCNC(Cc1ccccn1)c1cccc(CCC)c1. The van der Waals surface area contributed by atoms with E-state index in [1.54, 1.807) is 0 Å². The van der Waals surface area contributed by atoms with Crippen LogP contribution < -0.4 is 5.32 Å². The molecule has 1 atom stereocenters. The van der Waals surface area contributed by atoms with E-state index in [0.717, 1.165) is 31.5 Å². The van der Waals surface area contributed by atoms with Gasteiger partial charge in [0.05, 0.1) is 0 Å². The zero-order valence-corrected chi connectivity index (χ0v) is 13.2. The molecule has 0 aliphatic heterocycles. The van der Waals surface area contributed by atoms with Crippen molar-refractivity contribution < 1.29 is 0 Å². The number of aryl methyl sites for hydroxylation is 1. The van der Waals surface area contributed by atoms with E-state index in [-0.39, 0.29) is 0 Å². The van der Waals surface area contributed by atoms with Crippen LogP contribution in [-0.4, -0.2) is 11.5 Å². The van der Waals surface area contributed by atoms with Crippen LogP contribution in [0.1, 0.15) is 49.6 Å². The Kier molecular flexibility index (Phi) is 6.42. The number of benzene rings is 1. The van der Waals surface area contributed by atoms with Crippen LogP contribution >= 0.6 is 0 Å². The van der Waals surface area contributed by atoms with Crippen molar-refractivity contribution in [3.63, 3.8) is 0 Å². The summed E-state index contributed by atoms with van der Waals surface area (Å²) in [5, 5.41) is 3.66. The summed E-state index contributed by atoms with van der Waals surface area (Å²) >= 11 is 0. The van der Waals surface area contributed by atoms with Gasteiger partial charge in [-0.05, 0) is 42.6 Å². The predicted octanol–water partition coefficient (Wildman–Crippen LogP) is 4.32. The van der Waals surface area contributed by atoms with E-state index in [0.29, 0.717) is 6.04 Å². The highest BCUT2D eigenvalue weighted by molar-refractivity contribution is 5.27. The predicted molar refractivity (Wildman–Crippen MR) is 89.4 cm³/mol. The maximum atomic E-state index is 4.47. The average molecular weight is 282 g/mol. The van der Waals surface area contributed by atoms with E-state index in [4.69, 9.17) is 0 Å². The molecule has 0 spiro atoms. The summed E-state index contributed by atoms with van der Waals surface area (Å²) in [7, 11) is 0. The van der Waals surface area contributed by atoms with E-state index < -0.39 is 0 Å². The van der Waals surface area contributed by atoms with Crippen molar-refractivity contribution in [2.45, 2.75) is 45.6 Å². The number of rotatable bonds is 8. The lowest BCUT2D eigenvalue weighted by atomic mass is 9.98. The van der Waals surface area contributed by atoms with E-state index >= 15 is 0 Å². The molecular weight excluding hydrogens is 256 g/mol. The van der Waals surface area contributed by atoms with Crippen molar-refractivity contribution in [1.29, 1.82) is 0 Å². The minimum atomic E-state index is 0.344. The van der Waals surface area contributed by atoms with Crippen LogP contribution in [0, 0.1) is 0 Å². The third-order valence-corrected chi connectivity index (χ3v) is 3.67. The molecule has 1 aromatic carbocycles. The highest BCUT2D eigenvalue weighted by atomic mass is 14.9. The van der Waals surface area contributed by atoms with Crippen molar-refractivity contribution in [2.24, 2.45) is 0 Å². The number of pyridine rings is 1. The molecule has 1 unspecified atom stereocenters. The molecule has 1 heterocycles. The molecule has 0 bridgehead atoms. The normalized spacial score (nSPS) is 12.3. The van der Waals surface area contributed by atoms with Gasteiger partial charge in [0.1, 0.15) is 0 Å². The molecular formula is C19H26N2.